The molecular weight excluding hydrogens is 216 g/mol. The van der Waals surface area contributed by atoms with Crippen LogP contribution >= 0.6 is 0 Å². The summed E-state index contributed by atoms with van der Waals surface area (Å²) in [6.07, 6.45) is -0.310. The van der Waals surface area contributed by atoms with Crippen LogP contribution in [0.25, 0.3) is 10.9 Å². The molecule has 2 heterocycles. The maximum atomic E-state index is 11.7. The highest BCUT2D eigenvalue weighted by molar-refractivity contribution is 5.98. The number of anilines is 1. The van der Waals surface area contributed by atoms with Crippen molar-refractivity contribution in [2.75, 3.05) is 11.4 Å². The number of carbonyl (C=O) groups excluding carboxylic acids is 1. The van der Waals surface area contributed by atoms with Crippen LogP contribution in [0.1, 0.15) is 12.1 Å². The maximum absolute atomic E-state index is 11.7. The second kappa shape index (κ2) is 3.60. The van der Waals surface area contributed by atoms with E-state index in [0.717, 1.165) is 22.3 Å². The zero-order chi connectivity index (χ0) is 12.0. The van der Waals surface area contributed by atoms with Crippen molar-refractivity contribution in [3.63, 3.8) is 0 Å². The van der Waals surface area contributed by atoms with Gasteiger partial charge in [0.2, 0.25) is 5.91 Å². The van der Waals surface area contributed by atoms with Crippen LogP contribution in [0.3, 0.4) is 0 Å². The van der Waals surface area contributed by atoms with E-state index in [0.29, 0.717) is 6.54 Å². The van der Waals surface area contributed by atoms with Gasteiger partial charge in [-0.1, -0.05) is 0 Å². The number of aliphatic hydroxyl groups is 1. The highest BCUT2D eigenvalue weighted by Gasteiger charge is 2.29. The Morgan fingerprint density at radius 1 is 1.41 bits per heavy atom. The van der Waals surface area contributed by atoms with Crippen LogP contribution < -0.4 is 4.90 Å². The van der Waals surface area contributed by atoms with E-state index in [2.05, 4.69) is 11.1 Å². The molecule has 1 aromatic heterocycles. The number of nitrogens with zero attached hydrogens (tertiary/aromatic N) is 1. The minimum absolute atomic E-state index is 0.0101. The molecular formula is C13H14N2O2. The summed E-state index contributed by atoms with van der Waals surface area (Å²) in [4.78, 5) is 16.6. The molecule has 0 saturated carbocycles. The van der Waals surface area contributed by atoms with Crippen molar-refractivity contribution in [2.24, 2.45) is 0 Å². The van der Waals surface area contributed by atoms with Gasteiger partial charge in [-0.15, -0.1) is 0 Å². The Kier molecular flexibility index (Phi) is 2.19. The zero-order valence-corrected chi connectivity index (χ0v) is 9.60. The quantitative estimate of drug-likeness (QED) is 0.781. The van der Waals surface area contributed by atoms with Crippen LogP contribution in [0.5, 0.6) is 0 Å². The smallest absolute Gasteiger partial charge is 0.229 e. The molecule has 1 unspecified atom stereocenters. The molecule has 17 heavy (non-hydrogen) atoms. The standard InChI is InChI=1S/C13H14N2O2/c1-8-4-9-5-10(2-3-12(9)14-8)15-7-11(16)6-13(15)17/h2-5,11,14,16H,6-7H2,1H3. The van der Waals surface area contributed by atoms with Gasteiger partial charge in [-0.3, -0.25) is 4.79 Å². The Balaban J connectivity index is 2.03. The lowest BCUT2D eigenvalue weighted by Gasteiger charge is -2.15. The minimum atomic E-state index is -0.536. The molecule has 0 aliphatic carbocycles. The van der Waals surface area contributed by atoms with Gasteiger partial charge in [0.25, 0.3) is 0 Å². The number of fused-ring (bicyclic) bond motifs is 1. The van der Waals surface area contributed by atoms with E-state index in [1.165, 1.54) is 0 Å². The molecule has 1 amide bonds. The maximum Gasteiger partial charge on any atom is 0.229 e. The summed E-state index contributed by atoms with van der Waals surface area (Å²) in [5.41, 5.74) is 3.03. The number of hydrogen-bond donors (Lipinski definition) is 2. The average molecular weight is 230 g/mol. The summed E-state index contributed by atoms with van der Waals surface area (Å²) >= 11 is 0. The molecule has 1 aromatic carbocycles. The van der Waals surface area contributed by atoms with Gasteiger partial charge in [-0.05, 0) is 31.2 Å². The number of rotatable bonds is 1. The molecule has 2 aromatic rings. The highest BCUT2D eigenvalue weighted by Crippen LogP contribution is 2.26. The van der Waals surface area contributed by atoms with Crippen molar-refractivity contribution in [1.29, 1.82) is 0 Å². The summed E-state index contributed by atoms with van der Waals surface area (Å²) in [5, 5.41) is 10.6. The predicted molar refractivity (Wildman–Crippen MR) is 66.0 cm³/mol. The molecule has 1 aliphatic heterocycles. The third-order valence-electron chi connectivity index (χ3n) is 3.16. The third-order valence-corrected chi connectivity index (χ3v) is 3.16. The van der Waals surface area contributed by atoms with E-state index in [1.54, 1.807) is 4.90 Å². The highest BCUT2D eigenvalue weighted by atomic mass is 16.3. The van der Waals surface area contributed by atoms with Gasteiger partial charge in [-0.2, -0.15) is 0 Å². The van der Waals surface area contributed by atoms with Crippen molar-refractivity contribution in [3.8, 4) is 0 Å². The summed E-state index contributed by atoms with van der Waals surface area (Å²) in [6, 6.07) is 7.91. The Hall–Kier alpha value is -1.81. The first-order valence-electron chi connectivity index (χ1n) is 5.71. The number of aryl methyl sites for hydroxylation is 1. The lowest BCUT2D eigenvalue weighted by molar-refractivity contribution is -0.117. The van der Waals surface area contributed by atoms with E-state index in [9.17, 15) is 9.90 Å². The van der Waals surface area contributed by atoms with Crippen molar-refractivity contribution in [3.05, 3.63) is 30.0 Å². The summed E-state index contributed by atoms with van der Waals surface area (Å²) < 4.78 is 0. The lowest BCUT2D eigenvalue weighted by Crippen LogP contribution is -2.25. The Morgan fingerprint density at radius 3 is 2.94 bits per heavy atom. The van der Waals surface area contributed by atoms with Gasteiger partial charge in [-0.25, -0.2) is 0 Å². The number of hydrogen-bond acceptors (Lipinski definition) is 2. The number of nitrogens with one attached hydrogen (secondary N) is 1. The van der Waals surface area contributed by atoms with Gasteiger partial charge < -0.3 is 15.0 Å². The molecule has 1 saturated heterocycles. The molecule has 3 rings (SSSR count). The number of aromatic nitrogens is 1. The largest absolute Gasteiger partial charge is 0.391 e. The lowest BCUT2D eigenvalue weighted by atomic mass is 10.2. The molecule has 1 fully saturated rings. The van der Waals surface area contributed by atoms with Gasteiger partial charge in [0, 0.05) is 22.3 Å². The van der Waals surface area contributed by atoms with Crippen LogP contribution in [0, 0.1) is 6.92 Å². The van der Waals surface area contributed by atoms with Crippen LogP contribution in [0.15, 0.2) is 24.3 Å². The minimum Gasteiger partial charge on any atom is -0.391 e. The number of amides is 1. The number of β-amino-alcohol motifs (C(OH)–C–C–N with tert-alkyl or cyclic N) is 1. The molecule has 0 bridgehead atoms. The van der Waals surface area contributed by atoms with Gasteiger partial charge in [0.1, 0.15) is 0 Å². The van der Waals surface area contributed by atoms with Crippen LogP contribution in [0.4, 0.5) is 5.69 Å². The second-order valence-electron chi connectivity index (χ2n) is 4.59. The molecule has 4 heteroatoms. The molecule has 1 aliphatic rings. The molecule has 0 radical (unpaired) electrons. The molecule has 2 N–H and O–H groups in total. The third kappa shape index (κ3) is 1.70. The Bertz CT molecular complexity index is 588. The van der Waals surface area contributed by atoms with E-state index in [1.807, 2.05) is 25.1 Å². The van der Waals surface area contributed by atoms with Gasteiger partial charge >= 0.3 is 0 Å². The van der Waals surface area contributed by atoms with Crippen LogP contribution in [0.2, 0.25) is 0 Å². The van der Waals surface area contributed by atoms with Crippen molar-refractivity contribution in [2.45, 2.75) is 19.4 Å². The SMILES string of the molecule is Cc1cc2cc(N3CC(O)CC3=O)ccc2[nH]1. The summed E-state index contributed by atoms with van der Waals surface area (Å²) in [7, 11) is 0. The van der Waals surface area contributed by atoms with E-state index >= 15 is 0 Å². The van der Waals surface area contributed by atoms with Crippen LogP contribution in [-0.4, -0.2) is 28.6 Å². The van der Waals surface area contributed by atoms with E-state index in [4.69, 9.17) is 0 Å². The normalized spacial score (nSPS) is 20.5. The van der Waals surface area contributed by atoms with Crippen molar-refractivity contribution in [1.82, 2.24) is 4.98 Å². The van der Waals surface area contributed by atoms with Gasteiger partial charge in [0.05, 0.1) is 19.1 Å². The average Bonchev–Trinajstić information content (AvgIpc) is 2.78. The van der Waals surface area contributed by atoms with Crippen molar-refractivity contribution >= 4 is 22.5 Å². The summed E-state index contributed by atoms with van der Waals surface area (Å²) in [6.45, 7) is 2.40. The molecule has 1 atom stereocenters. The molecule has 88 valence electrons. The molecule has 4 nitrogen and oxygen atoms in total. The van der Waals surface area contributed by atoms with E-state index < -0.39 is 6.10 Å². The van der Waals surface area contributed by atoms with E-state index in [-0.39, 0.29) is 12.3 Å². The number of aromatic amines is 1. The second-order valence-corrected chi connectivity index (χ2v) is 4.59. The Labute approximate surface area is 98.9 Å². The number of aliphatic hydroxyl groups excluding tert-OH is 1. The number of benzene rings is 1. The number of carbonyl (C=O) groups is 1. The fourth-order valence-electron chi connectivity index (χ4n) is 2.37. The number of H-pyrrole nitrogens is 1. The predicted octanol–water partition coefficient (Wildman–Crippen LogP) is 1.57. The zero-order valence-electron chi connectivity index (χ0n) is 9.60. The van der Waals surface area contributed by atoms with Crippen molar-refractivity contribution < 1.29 is 9.90 Å². The first-order valence-corrected chi connectivity index (χ1v) is 5.71. The fraction of sp³-hybridized carbons (Fsp3) is 0.308. The fourth-order valence-corrected chi connectivity index (χ4v) is 2.37. The monoisotopic (exact) mass is 230 g/mol. The first-order chi connectivity index (χ1) is 8.13. The topological polar surface area (TPSA) is 56.3 Å². The van der Waals surface area contributed by atoms with Crippen LogP contribution in [-0.2, 0) is 4.79 Å². The Morgan fingerprint density at radius 2 is 2.24 bits per heavy atom. The molecule has 0 spiro atoms. The first kappa shape index (κ1) is 10.4. The summed E-state index contributed by atoms with van der Waals surface area (Å²) in [5.74, 6) is -0.0101. The van der Waals surface area contributed by atoms with Gasteiger partial charge in [0.15, 0.2) is 0 Å².